The van der Waals surface area contributed by atoms with Crippen LogP contribution in [-0.4, -0.2) is 17.1 Å². The minimum atomic E-state index is -5.14. The largest absolute Gasteiger partial charge is 1.00 e. The Morgan fingerprint density at radius 3 is 2.00 bits per heavy atom. The Bertz CT molecular complexity index is 452. The molecule has 0 aromatic heterocycles. The van der Waals surface area contributed by atoms with Crippen molar-refractivity contribution in [3.63, 3.8) is 0 Å². The number of carboxylic acids is 1. The van der Waals surface area contributed by atoms with E-state index in [4.69, 9.17) is 5.11 Å². The van der Waals surface area contributed by atoms with Gasteiger partial charge in [-0.25, -0.2) is 0 Å². The number of rotatable bonds is 5. The van der Waals surface area contributed by atoms with E-state index < -0.39 is 19.8 Å². The third kappa shape index (κ3) is 10.2. The van der Waals surface area contributed by atoms with Gasteiger partial charge in [-0.1, -0.05) is 12.1 Å². The molecule has 0 aliphatic rings. The van der Waals surface area contributed by atoms with Crippen LogP contribution in [0.5, 0.6) is 5.75 Å². The second-order valence-corrected chi connectivity index (χ2v) is 4.62. The predicted molar refractivity (Wildman–Crippen MR) is 51.3 cm³/mol. The quantitative estimate of drug-likeness (QED) is 0.403. The van der Waals surface area contributed by atoms with Gasteiger partial charge >= 0.3 is 56.6 Å². The van der Waals surface area contributed by atoms with Crippen LogP contribution in [0.15, 0.2) is 24.3 Å². The fraction of sp³-hybridized carbons (Fsp3) is 0.222. The van der Waals surface area contributed by atoms with E-state index in [0.29, 0.717) is 5.56 Å². The Kier molecular flexibility index (Phi) is 14.0. The molecule has 11 heteroatoms. The molecule has 0 fully saturated rings. The topological polar surface area (TPSA) is 136 Å². The summed E-state index contributed by atoms with van der Waals surface area (Å²) in [6.45, 7) is 0. The predicted octanol–water partition coefficient (Wildman–Crippen LogP) is -11.5. The second kappa shape index (κ2) is 11.0. The average Bonchev–Trinajstić information content (AvgIpc) is 2.18. The monoisotopic (exact) mass is 279 g/mol. The van der Waals surface area contributed by atoms with E-state index in [2.05, 4.69) is 0 Å². The standard InChI is InChI=1S/C9H12NO6P.3Li/c11-7-3-1-6(2-4-7)5-8(9(12)13)10-17(14,15)16;;;/h1-4,8,11H,5H2,(H,12,13)(H3,10,14,15,16);;;/q;3*+1/p-3/t8-;;;/m0.../s1. The van der Waals surface area contributed by atoms with E-state index in [9.17, 15) is 24.3 Å². The number of phenolic OH excluding ortho intramolecular Hbond substituents is 1. The molecule has 0 saturated carbocycles. The molecule has 0 radical (unpaired) electrons. The molecule has 2 N–H and O–H groups in total. The summed E-state index contributed by atoms with van der Waals surface area (Å²) in [5, 5.41) is 21.1. The van der Waals surface area contributed by atoms with Crippen molar-refractivity contribution in [2.45, 2.75) is 12.5 Å². The maximum atomic E-state index is 10.6. The first-order chi connectivity index (χ1) is 7.78. The van der Waals surface area contributed by atoms with E-state index in [1.165, 1.54) is 29.4 Å². The van der Waals surface area contributed by atoms with Crippen LogP contribution in [-0.2, 0) is 15.8 Å². The van der Waals surface area contributed by atoms with Crippen molar-refractivity contribution in [1.82, 2.24) is 5.09 Å². The molecule has 0 aliphatic heterocycles. The summed E-state index contributed by atoms with van der Waals surface area (Å²) < 4.78 is 10.4. The van der Waals surface area contributed by atoms with Crippen molar-refractivity contribution >= 4 is 13.7 Å². The van der Waals surface area contributed by atoms with Crippen molar-refractivity contribution in [3.8, 4) is 5.75 Å². The molecular formula is C9H9Li3NO6P. The van der Waals surface area contributed by atoms with Crippen molar-refractivity contribution in [1.29, 1.82) is 0 Å². The van der Waals surface area contributed by atoms with E-state index >= 15 is 0 Å². The van der Waals surface area contributed by atoms with E-state index in [1.54, 1.807) is 0 Å². The Balaban J connectivity index is -0.000000963. The number of aromatic hydroxyl groups is 1. The first-order valence-corrected chi connectivity index (χ1v) is 6.11. The maximum Gasteiger partial charge on any atom is 1.00 e. The first kappa shape index (κ1) is 25.4. The summed E-state index contributed by atoms with van der Waals surface area (Å²) in [6.07, 6.45) is -0.239. The zero-order valence-electron chi connectivity index (χ0n) is 11.5. The molecular weight excluding hydrogens is 270 g/mol. The van der Waals surface area contributed by atoms with Gasteiger partial charge in [-0.15, -0.1) is 0 Å². The van der Waals surface area contributed by atoms with Crippen LogP contribution >= 0.6 is 7.75 Å². The van der Waals surface area contributed by atoms with Gasteiger partial charge in [0.2, 0.25) is 0 Å². The van der Waals surface area contributed by atoms with Crippen LogP contribution < -0.4 is 76.6 Å². The van der Waals surface area contributed by atoms with Gasteiger partial charge in [-0.05, 0) is 31.9 Å². The van der Waals surface area contributed by atoms with Crippen LogP contribution in [0, 0.1) is 0 Å². The van der Waals surface area contributed by atoms with Crippen LogP contribution in [0.1, 0.15) is 5.56 Å². The smallest absolute Gasteiger partial charge is 0.799 e. The number of carboxylic acid groups (broad SMARTS) is 1. The molecule has 94 valence electrons. The number of hydrogen-bond acceptors (Lipinski definition) is 6. The molecule has 1 aromatic carbocycles. The molecule has 0 spiro atoms. The Morgan fingerprint density at radius 1 is 1.20 bits per heavy atom. The zero-order chi connectivity index (χ0) is 13.1. The molecule has 1 aromatic rings. The van der Waals surface area contributed by atoms with Gasteiger partial charge in [0.15, 0.2) is 0 Å². The third-order valence-electron chi connectivity index (χ3n) is 1.97. The number of carbonyl (C=O) groups excluding carboxylic acids is 1. The summed E-state index contributed by atoms with van der Waals surface area (Å²) in [6, 6.07) is 3.83. The molecule has 0 unspecified atom stereocenters. The molecule has 0 aliphatic carbocycles. The summed E-state index contributed by atoms with van der Waals surface area (Å²) in [7, 11) is -5.14. The molecule has 20 heavy (non-hydrogen) atoms. The van der Waals surface area contributed by atoms with Crippen LogP contribution in [0.4, 0.5) is 0 Å². The van der Waals surface area contributed by atoms with Gasteiger partial charge in [0, 0.05) is 0 Å². The minimum Gasteiger partial charge on any atom is -0.799 e. The number of hydrogen-bond donors (Lipinski definition) is 2. The second-order valence-electron chi connectivity index (χ2n) is 3.37. The molecule has 0 bridgehead atoms. The molecule has 0 amide bonds. The fourth-order valence-corrected chi connectivity index (χ4v) is 1.82. The fourth-order valence-electron chi connectivity index (χ4n) is 1.24. The average molecular weight is 279 g/mol. The van der Waals surface area contributed by atoms with Gasteiger partial charge in [0.05, 0.1) is 12.0 Å². The molecule has 7 nitrogen and oxygen atoms in total. The zero-order valence-corrected chi connectivity index (χ0v) is 12.4. The van der Waals surface area contributed by atoms with Gasteiger partial charge in [0.25, 0.3) is 0 Å². The van der Waals surface area contributed by atoms with Crippen LogP contribution in [0.3, 0.4) is 0 Å². The number of nitrogens with one attached hydrogen (secondary N) is 1. The number of phenols is 1. The van der Waals surface area contributed by atoms with E-state index in [-0.39, 0.29) is 68.8 Å². The maximum absolute atomic E-state index is 10.6. The van der Waals surface area contributed by atoms with Crippen molar-refractivity contribution in [3.05, 3.63) is 29.8 Å². The molecule has 1 atom stereocenters. The normalized spacial score (nSPS) is 11.3. The Hall–Kier alpha value is 0.392. The van der Waals surface area contributed by atoms with Crippen molar-refractivity contribution in [2.75, 3.05) is 0 Å². The Labute approximate surface area is 152 Å². The molecule has 0 saturated heterocycles. The van der Waals surface area contributed by atoms with Crippen LogP contribution in [0.2, 0.25) is 0 Å². The summed E-state index contributed by atoms with van der Waals surface area (Å²) in [4.78, 5) is 31.5. The number of aliphatic carboxylic acids is 1. The Morgan fingerprint density at radius 2 is 1.65 bits per heavy atom. The minimum absolute atomic E-state index is 0. The van der Waals surface area contributed by atoms with Crippen molar-refractivity contribution in [2.24, 2.45) is 0 Å². The van der Waals surface area contributed by atoms with Gasteiger partial charge in [0.1, 0.15) is 5.75 Å². The van der Waals surface area contributed by atoms with Gasteiger partial charge in [-0.3, -0.25) is 5.09 Å². The van der Waals surface area contributed by atoms with Crippen LogP contribution in [0.25, 0.3) is 0 Å². The number of carbonyl (C=O) groups is 1. The molecule has 1 rings (SSSR count). The molecule has 0 heterocycles. The van der Waals surface area contributed by atoms with E-state index in [0.717, 1.165) is 0 Å². The van der Waals surface area contributed by atoms with Gasteiger partial charge in [-0.2, -0.15) is 0 Å². The van der Waals surface area contributed by atoms with E-state index in [1.807, 2.05) is 0 Å². The summed E-state index contributed by atoms with van der Waals surface area (Å²) in [5.41, 5.74) is 0.443. The van der Waals surface area contributed by atoms with Crippen molar-refractivity contribution < 1.29 is 85.9 Å². The number of benzene rings is 1. The SMILES string of the molecule is O=C([O-])[C@H](Cc1ccc(O)cc1)NP(=O)([O-])[O-].[Li+].[Li+].[Li+]. The first-order valence-electron chi connectivity index (χ1n) is 4.56. The summed E-state index contributed by atoms with van der Waals surface area (Å²) in [5.74, 6) is -1.70. The summed E-state index contributed by atoms with van der Waals surface area (Å²) >= 11 is 0. The van der Waals surface area contributed by atoms with Gasteiger partial charge < -0.3 is 29.4 Å². The third-order valence-corrected chi connectivity index (χ3v) is 2.60.